The van der Waals surface area contributed by atoms with E-state index in [1.165, 1.54) is 0 Å². The van der Waals surface area contributed by atoms with Crippen LogP contribution in [0.1, 0.15) is 0 Å². The number of carbonyl (C=O) groups excluding carboxylic acids is 2. The number of hydrogen-bond donors (Lipinski definition) is 2. The lowest BCUT2D eigenvalue weighted by atomic mass is 10.3. The van der Waals surface area contributed by atoms with E-state index in [1.54, 1.807) is 4.90 Å². The normalized spacial score (nSPS) is 22.5. The van der Waals surface area contributed by atoms with Gasteiger partial charge >= 0.3 is 0 Å². The minimum Gasteiger partial charge on any atom is -0.354 e. The Morgan fingerprint density at radius 2 is 1.92 bits per heavy atom. The van der Waals surface area contributed by atoms with Crippen LogP contribution in [-0.2, 0) is 9.59 Å². The number of amides is 2. The Kier molecular flexibility index (Phi) is 1.88. The second-order valence-corrected chi connectivity index (χ2v) is 2.96. The summed E-state index contributed by atoms with van der Waals surface area (Å²) in [5, 5.41) is 5.24. The number of aliphatic imine (C=N–C) groups is 1. The molecule has 2 N–H and O–H groups in total. The molecule has 0 radical (unpaired) electrons. The predicted octanol–water partition coefficient (Wildman–Crippen LogP) is -2.10. The van der Waals surface area contributed by atoms with E-state index in [-0.39, 0.29) is 24.9 Å². The Labute approximate surface area is 75.0 Å². The van der Waals surface area contributed by atoms with Crippen molar-refractivity contribution in [1.82, 2.24) is 15.5 Å². The lowest BCUT2D eigenvalue weighted by Crippen LogP contribution is -2.55. The summed E-state index contributed by atoms with van der Waals surface area (Å²) in [7, 11) is 0. The molecule has 6 nitrogen and oxygen atoms in total. The number of hydrogen-bond acceptors (Lipinski definition) is 5. The van der Waals surface area contributed by atoms with Gasteiger partial charge in [0.2, 0.25) is 11.8 Å². The SMILES string of the molecule is O=C1CN(C2=NCCN2)CC(=O)N1. The smallest absolute Gasteiger partial charge is 0.246 e. The van der Waals surface area contributed by atoms with Crippen molar-refractivity contribution < 1.29 is 9.59 Å². The average Bonchev–Trinajstić information content (AvgIpc) is 2.53. The van der Waals surface area contributed by atoms with E-state index in [9.17, 15) is 9.59 Å². The summed E-state index contributed by atoms with van der Waals surface area (Å²) in [4.78, 5) is 27.7. The molecule has 0 aromatic rings. The second-order valence-electron chi connectivity index (χ2n) is 2.96. The van der Waals surface area contributed by atoms with E-state index < -0.39 is 0 Å². The average molecular weight is 182 g/mol. The van der Waals surface area contributed by atoms with Gasteiger partial charge in [-0.3, -0.25) is 19.9 Å². The number of piperazine rings is 1. The quantitative estimate of drug-likeness (QED) is 0.421. The first-order chi connectivity index (χ1) is 6.25. The zero-order chi connectivity index (χ0) is 9.26. The van der Waals surface area contributed by atoms with Crippen LogP contribution in [0.25, 0.3) is 0 Å². The highest BCUT2D eigenvalue weighted by Crippen LogP contribution is 1.98. The zero-order valence-electron chi connectivity index (χ0n) is 7.04. The molecule has 6 heteroatoms. The third-order valence-electron chi connectivity index (χ3n) is 1.90. The highest BCUT2D eigenvalue weighted by atomic mass is 16.2. The first-order valence-electron chi connectivity index (χ1n) is 4.11. The molecule has 0 unspecified atom stereocenters. The largest absolute Gasteiger partial charge is 0.354 e. The van der Waals surface area contributed by atoms with Gasteiger partial charge < -0.3 is 10.2 Å². The van der Waals surface area contributed by atoms with Crippen molar-refractivity contribution in [3.8, 4) is 0 Å². The molecule has 2 rings (SSSR count). The minimum atomic E-state index is -0.271. The fraction of sp³-hybridized carbons (Fsp3) is 0.571. The zero-order valence-corrected chi connectivity index (χ0v) is 7.04. The van der Waals surface area contributed by atoms with E-state index in [0.29, 0.717) is 12.5 Å². The Bertz CT molecular complexity index is 270. The molecular formula is C7H10N4O2. The van der Waals surface area contributed by atoms with Crippen molar-refractivity contribution in [3.05, 3.63) is 0 Å². The summed E-state index contributed by atoms with van der Waals surface area (Å²) >= 11 is 0. The van der Waals surface area contributed by atoms with Gasteiger partial charge in [-0.1, -0.05) is 0 Å². The number of nitrogens with one attached hydrogen (secondary N) is 2. The van der Waals surface area contributed by atoms with Crippen molar-refractivity contribution in [3.63, 3.8) is 0 Å². The molecule has 2 amide bonds. The van der Waals surface area contributed by atoms with Crippen molar-refractivity contribution in [2.24, 2.45) is 4.99 Å². The number of imide groups is 1. The summed E-state index contributed by atoms with van der Waals surface area (Å²) in [6, 6.07) is 0. The molecule has 1 saturated heterocycles. The molecule has 0 atom stereocenters. The molecule has 2 aliphatic heterocycles. The third kappa shape index (κ3) is 1.61. The number of nitrogens with zero attached hydrogens (tertiary/aromatic N) is 2. The van der Waals surface area contributed by atoms with E-state index >= 15 is 0 Å². The standard InChI is InChI=1S/C7H10N4O2/c12-5-3-11(4-6(13)10-5)7-8-1-2-9-7/h1-4H2,(H,8,9)(H,10,12,13). The highest BCUT2D eigenvalue weighted by molar-refractivity contribution is 6.03. The van der Waals surface area contributed by atoms with Gasteiger partial charge in [0.05, 0.1) is 6.54 Å². The van der Waals surface area contributed by atoms with Crippen LogP contribution in [0.3, 0.4) is 0 Å². The Hall–Kier alpha value is -1.59. The van der Waals surface area contributed by atoms with Crippen molar-refractivity contribution in [2.75, 3.05) is 26.2 Å². The molecule has 0 spiro atoms. The van der Waals surface area contributed by atoms with Crippen LogP contribution >= 0.6 is 0 Å². The van der Waals surface area contributed by atoms with E-state index in [4.69, 9.17) is 0 Å². The molecule has 13 heavy (non-hydrogen) atoms. The molecular weight excluding hydrogens is 172 g/mol. The van der Waals surface area contributed by atoms with E-state index in [0.717, 1.165) is 6.54 Å². The summed E-state index contributed by atoms with van der Waals surface area (Å²) in [5.41, 5.74) is 0. The van der Waals surface area contributed by atoms with Gasteiger partial charge in [-0.05, 0) is 0 Å². The maximum absolute atomic E-state index is 11.0. The van der Waals surface area contributed by atoms with Gasteiger partial charge in [-0.2, -0.15) is 0 Å². The van der Waals surface area contributed by atoms with Crippen molar-refractivity contribution in [1.29, 1.82) is 0 Å². The van der Waals surface area contributed by atoms with Crippen LogP contribution in [0.2, 0.25) is 0 Å². The van der Waals surface area contributed by atoms with Crippen molar-refractivity contribution in [2.45, 2.75) is 0 Å². The highest BCUT2D eigenvalue weighted by Gasteiger charge is 2.25. The molecule has 0 aliphatic carbocycles. The lowest BCUT2D eigenvalue weighted by Gasteiger charge is -2.26. The Morgan fingerprint density at radius 3 is 2.46 bits per heavy atom. The molecule has 0 bridgehead atoms. The van der Waals surface area contributed by atoms with Gasteiger partial charge in [0.1, 0.15) is 13.1 Å². The van der Waals surface area contributed by atoms with Gasteiger partial charge in [-0.15, -0.1) is 0 Å². The number of rotatable bonds is 0. The van der Waals surface area contributed by atoms with Crippen LogP contribution < -0.4 is 10.6 Å². The monoisotopic (exact) mass is 182 g/mol. The molecule has 1 fully saturated rings. The molecule has 2 heterocycles. The molecule has 0 aromatic carbocycles. The third-order valence-corrected chi connectivity index (χ3v) is 1.90. The fourth-order valence-corrected chi connectivity index (χ4v) is 1.38. The first kappa shape index (κ1) is 8.03. The van der Waals surface area contributed by atoms with Gasteiger partial charge in [0, 0.05) is 6.54 Å². The van der Waals surface area contributed by atoms with Crippen LogP contribution in [0.4, 0.5) is 0 Å². The predicted molar refractivity (Wildman–Crippen MR) is 45.0 cm³/mol. The topological polar surface area (TPSA) is 73.8 Å². The van der Waals surface area contributed by atoms with Gasteiger partial charge in [-0.25, -0.2) is 0 Å². The fourth-order valence-electron chi connectivity index (χ4n) is 1.38. The number of carbonyl (C=O) groups is 2. The maximum atomic E-state index is 11.0. The lowest BCUT2D eigenvalue weighted by molar-refractivity contribution is -0.134. The van der Waals surface area contributed by atoms with Gasteiger partial charge in [0.15, 0.2) is 5.96 Å². The van der Waals surface area contributed by atoms with Crippen LogP contribution in [-0.4, -0.2) is 48.9 Å². The van der Waals surface area contributed by atoms with Crippen molar-refractivity contribution >= 4 is 17.8 Å². The number of guanidine groups is 1. The second kappa shape index (κ2) is 3.04. The van der Waals surface area contributed by atoms with E-state index in [2.05, 4.69) is 15.6 Å². The summed E-state index contributed by atoms with van der Waals surface area (Å²) in [5.74, 6) is 0.114. The summed E-state index contributed by atoms with van der Waals surface area (Å²) in [6.07, 6.45) is 0. The summed E-state index contributed by atoms with van der Waals surface area (Å²) < 4.78 is 0. The molecule has 2 aliphatic rings. The Balaban J connectivity index is 2.06. The molecule has 70 valence electrons. The summed E-state index contributed by atoms with van der Waals surface area (Å²) in [6.45, 7) is 1.90. The maximum Gasteiger partial charge on any atom is 0.246 e. The van der Waals surface area contributed by atoms with Gasteiger partial charge in [0.25, 0.3) is 0 Å². The first-order valence-corrected chi connectivity index (χ1v) is 4.11. The van der Waals surface area contributed by atoms with Crippen LogP contribution in [0.15, 0.2) is 4.99 Å². The van der Waals surface area contributed by atoms with E-state index in [1.807, 2.05) is 0 Å². The van der Waals surface area contributed by atoms with Crippen LogP contribution in [0, 0.1) is 0 Å². The van der Waals surface area contributed by atoms with Crippen LogP contribution in [0.5, 0.6) is 0 Å². The molecule has 0 saturated carbocycles. The minimum absolute atomic E-state index is 0.206. The molecule has 0 aromatic heterocycles. The Morgan fingerprint density at radius 1 is 1.23 bits per heavy atom.